The van der Waals surface area contributed by atoms with E-state index in [1.165, 1.54) is 25.1 Å². The van der Waals surface area contributed by atoms with Gasteiger partial charge in [-0.2, -0.15) is 9.78 Å². The van der Waals surface area contributed by atoms with Gasteiger partial charge in [-0.05, 0) is 34.6 Å². The van der Waals surface area contributed by atoms with E-state index in [0.717, 1.165) is 5.69 Å². The molecule has 13 nitrogen and oxygen atoms in total. The Bertz CT molecular complexity index is 1330. The summed E-state index contributed by atoms with van der Waals surface area (Å²) in [6, 6.07) is 14.9. The molecule has 0 aliphatic heterocycles. The Labute approximate surface area is 200 Å². The number of para-hydroxylation sites is 2. The zero-order valence-electron chi connectivity index (χ0n) is 19.2. The van der Waals surface area contributed by atoms with Gasteiger partial charge in [0, 0.05) is 18.3 Å². The fraction of sp³-hybridized carbons (Fsp3) is 0.182. The highest BCUT2D eigenvalue weighted by Crippen LogP contribution is 2.29. The quantitative estimate of drug-likeness (QED) is 0.268. The highest BCUT2D eigenvalue weighted by Gasteiger charge is 2.25. The van der Waals surface area contributed by atoms with Crippen LogP contribution in [0.25, 0.3) is 5.82 Å². The van der Waals surface area contributed by atoms with Crippen LogP contribution in [0.2, 0.25) is 0 Å². The largest absolute Gasteiger partial charge is 0.493 e. The number of methoxy groups -OCH3 is 2. The summed E-state index contributed by atoms with van der Waals surface area (Å²) in [5.41, 5.74) is 10.3. The van der Waals surface area contributed by atoms with Gasteiger partial charge in [0.2, 0.25) is 11.6 Å². The first-order valence-electron chi connectivity index (χ1n) is 10.4. The van der Waals surface area contributed by atoms with Crippen LogP contribution in [0.5, 0.6) is 11.5 Å². The molecular weight excluding hydrogens is 454 g/mol. The van der Waals surface area contributed by atoms with Gasteiger partial charge >= 0.3 is 0 Å². The van der Waals surface area contributed by atoms with E-state index >= 15 is 0 Å². The Kier molecular flexibility index (Phi) is 6.86. The third kappa shape index (κ3) is 4.88. The minimum atomic E-state index is -0.583. The van der Waals surface area contributed by atoms with E-state index in [2.05, 4.69) is 31.2 Å². The number of nitrogens with zero attached hydrogens (tertiary/aromatic N) is 7. The normalized spacial score (nSPS) is 10.9. The maximum Gasteiger partial charge on any atom is 0.293 e. The van der Waals surface area contributed by atoms with Crippen LogP contribution < -0.4 is 25.5 Å². The van der Waals surface area contributed by atoms with Gasteiger partial charge in [0.25, 0.3) is 5.91 Å². The molecule has 4 aromatic rings. The summed E-state index contributed by atoms with van der Waals surface area (Å²) in [5, 5.41) is 19.5. The zero-order valence-corrected chi connectivity index (χ0v) is 19.2. The molecule has 1 amide bonds. The minimum Gasteiger partial charge on any atom is -0.493 e. The van der Waals surface area contributed by atoms with Crippen molar-refractivity contribution in [3.05, 3.63) is 65.5 Å². The molecule has 13 heteroatoms. The van der Waals surface area contributed by atoms with Gasteiger partial charge < -0.3 is 20.1 Å². The zero-order chi connectivity index (χ0) is 24.8. The predicted molar refractivity (Wildman–Crippen MR) is 127 cm³/mol. The summed E-state index contributed by atoms with van der Waals surface area (Å²) >= 11 is 0. The summed E-state index contributed by atoms with van der Waals surface area (Å²) in [6.07, 6.45) is 1.44. The van der Waals surface area contributed by atoms with Gasteiger partial charge in [-0.3, -0.25) is 4.79 Å². The van der Waals surface area contributed by atoms with Crippen LogP contribution in [0.4, 0.5) is 11.5 Å². The molecule has 0 atom stereocenters. The fourth-order valence-corrected chi connectivity index (χ4v) is 3.35. The van der Waals surface area contributed by atoms with Crippen molar-refractivity contribution in [2.45, 2.75) is 6.54 Å². The molecule has 0 aliphatic rings. The first-order chi connectivity index (χ1) is 17.0. The monoisotopic (exact) mass is 477 g/mol. The summed E-state index contributed by atoms with van der Waals surface area (Å²) in [6.45, 7) is 0.249. The summed E-state index contributed by atoms with van der Waals surface area (Å²) in [4.78, 5) is 14.9. The number of hydrogen-bond acceptors (Lipinski definition) is 11. The van der Waals surface area contributed by atoms with E-state index in [9.17, 15) is 4.79 Å². The Balaban J connectivity index is 1.62. The highest BCUT2D eigenvalue weighted by atomic mass is 16.6. The van der Waals surface area contributed by atoms with Gasteiger partial charge in [0.05, 0.1) is 32.7 Å². The maximum atomic E-state index is 13.0. The van der Waals surface area contributed by atoms with Crippen LogP contribution in [-0.2, 0) is 6.54 Å². The molecule has 180 valence electrons. The number of nitrogen functional groups attached to an aromatic ring is 1. The highest BCUT2D eigenvalue weighted by molar-refractivity contribution is 5.94. The Morgan fingerprint density at radius 3 is 2.66 bits per heavy atom. The molecule has 3 N–H and O–H groups in total. The number of ether oxygens (including phenoxy) is 2. The van der Waals surface area contributed by atoms with Crippen LogP contribution in [0.3, 0.4) is 0 Å². The van der Waals surface area contributed by atoms with Crippen LogP contribution in [0.15, 0.2) is 58.3 Å². The van der Waals surface area contributed by atoms with E-state index in [0.29, 0.717) is 22.8 Å². The molecule has 35 heavy (non-hydrogen) atoms. The molecule has 4 rings (SSSR count). The van der Waals surface area contributed by atoms with E-state index in [-0.39, 0.29) is 23.9 Å². The van der Waals surface area contributed by atoms with E-state index in [1.54, 1.807) is 18.2 Å². The lowest BCUT2D eigenvalue weighted by molar-refractivity contribution is 0.0949. The lowest BCUT2D eigenvalue weighted by atomic mass is 10.2. The number of amides is 1. The number of aromatic nitrogens is 5. The molecule has 0 spiro atoms. The number of hydrazone groups is 1. The van der Waals surface area contributed by atoms with Crippen LogP contribution >= 0.6 is 0 Å². The summed E-state index contributed by atoms with van der Waals surface area (Å²) in [7, 11) is 4.92. The number of nitrogens with two attached hydrogens (primary N) is 1. The smallest absolute Gasteiger partial charge is 0.293 e. The Hall–Kier alpha value is -4.94. The molecule has 0 bridgehead atoms. The van der Waals surface area contributed by atoms with Gasteiger partial charge in [0.1, 0.15) is 0 Å². The third-order valence-corrected chi connectivity index (χ3v) is 5.06. The second-order valence-electron chi connectivity index (χ2n) is 7.24. The van der Waals surface area contributed by atoms with Crippen molar-refractivity contribution in [2.24, 2.45) is 5.10 Å². The van der Waals surface area contributed by atoms with E-state index < -0.39 is 5.91 Å². The number of benzene rings is 2. The number of anilines is 2. The van der Waals surface area contributed by atoms with Crippen LogP contribution in [0.1, 0.15) is 21.7 Å². The van der Waals surface area contributed by atoms with E-state index in [1.807, 2.05) is 42.3 Å². The topological polar surface area (TPSA) is 159 Å². The summed E-state index contributed by atoms with van der Waals surface area (Å²) in [5.74, 6) is 0.570. The minimum absolute atomic E-state index is 0.00798. The molecule has 0 radical (unpaired) electrons. The average Bonchev–Trinajstić information content (AvgIpc) is 3.49. The second kappa shape index (κ2) is 10.3. The van der Waals surface area contributed by atoms with Crippen molar-refractivity contribution in [1.29, 1.82) is 0 Å². The first-order valence-corrected chi connectivity index (χ1v) is 10.4. The van der Waals surface area contributed by atoms with Crippen molar-refractivity contribution >= 4 is 23.6 Å². The van der Waals surface area contributed by atoms with E-state index in [4.69, 9.17) is 19.8 Å². The summed E-state index contributed by atoms with van der Waals surface area (Å²) < 4.78 is 16.7. The molecule has 2 heterocycles. The third-order valence-electron chi connectivity index (χ3n) is 5.06. The number of hydrogen-bond donors (Lipinski definition) is 2. The van der Waals surface area contributed by atoms with Crippen LogP contribution in [-0.4, -0.2) is 58.7 Å². The second-order valence-corrected chi connectivity index (χ2v) is 7.24. The molecule has 0 unspecified atom stereocenters. The van der Waals surface area contributed by atoms with Crippen molar-refractivity contribution in [1.82, 2.24) is 30.7 Å². The van der Waals surface area contributed by atoms with Gasteiger partial charge in [-0.15, -0.1) is 5.10 Å². The van der Waals surface area contributed by atoms with Crippen molar-refractivity contribution in [3.8, 4) is 17.3 Å². The Morgan fingerprint density at radius 2 is 1.97 bits per heavy atom. The molecular formula is C22H23N9O4. The van der Waals surface area contributed by atoms with Gasteiger partial charge in [-0.1, -0.05) is 29.5 Å². The fourth-order valence-electron chi connectivity index (χ4n) is 3.35. The lowest BCUT2D eigenvalue weighted by Crippen LogP contribution is -2.24. The number of nitrogens with one attached hydrogen (secondary N) is 1. The molecule has 0 saturated carbocycles. The number of carbonyl (C=O) groups excluding carboxylic acids is 1. The Morgan fingerprint density at radius 1 is 1.17 bits per heavy atom. The van der Waals surface area contributed by atoms with Crippen LogP contribution in [0, 0.1) is 0 Å². The predicted octanol–water partition coefficient (Wildman–Crippen LogP) is 1.65. The maximum absolute atomic E-state index is 13.0. The van der Waals surface area contributed by atoms with Crippen molar-refractivity contribution in [2.75, 3.05) is 31.9 Å². The average molecular weight is 477 g/mol. The first kappa shape index (κ1) is 23.2. The van der Waals surface area contributed by atoms with Gasteiger partial charge in [-0.25, -0.2) is 10.1 Å². The number of carbonyl (C=O) groups is 1. The van der Waals surface area contributed by atoms with Gasteiger partial charge in [0.15, 0.2) is 17.2 Å². The van der Waals surface area contributed by atoms with Crippen molar-refractivity contribution in [3.63, 3.8) is 0 Å². The number of rotatable bonds is 9. The molecule has 2 aromatic heterocycles. The molecule has 2 aromatic carbocycles. The standard InChI is InChI=1S/C22H23N9O4/c1-30(15-9-5-4-6-10-15)13-16-18(25-29-31(16)21-20(23)27-35-28-21)22(32)26-24-12-14-8-7-11-17(33-2)19(14)34-3/h4-12H,13H2,1-3H3,(H2,23,27)(H,26,32). The lowest BCUT2D eigenvalue weighted by Gasteiger charge is -2.19. The van der Waals surface area contributed by atoms with Crippen molar-refractivity contribution < 1.29 is 18.9 Å². The molecule has 0 saturated heterocycles. The molecule has 0 aliphatic carbocycles. The SMILES string of the molecule is COc1cccc(C=NNC(=O)c2nnn(-c3nonc3N)c2CN(C)c2ccccc2)c1OC. The molecule has 0 fully saturated rings.